The van der Waals surface area contributed by atoms with Crippen molar-refractivity contribution >= 4 is 17.6 Å². The molecule has 0 fully saturated rings. The Morgan fingerprint density at radius 2 is 2.18 bits per heavy atom. The minimum atomic E-state index is -0.262. The first kappa shape index (κ1) is 13.7. The van der Waals surface area contributed by atoms with Gasteiger partial charge in [0.05, 0.1) is 12.5 Å². The lowest BCUT2D eigenvalue weighted by atomic mass is 9.98. The maximum atomic E-state index is 12.0. The molecular weight excluding hydrogens is 220 g/mol. The van der Waals surface area contributed by atoms with Crippen LogP contribution in [0.3, 0.4) is 0 Å². The highest BCUT2D eigenvalue weighted by Gasteiger charge is 2.34. The zero-order chi connectivity index (χ0) is 13.0. The van der Waals surface area contributed by atoms with Gasteiger partial charge in [-0.05, 0) is 34.1 Å². The van der Waals surface area contributed by atoms with E-state index in [1.807, 2.05) is 20.8 Å². The Bertz CT molecular complexity index is 337. The van der Waals surface area contributed by atoms with Crippen LogP contribution in [0, 0.1) is 5.92 Å². The largest absolute Gasteiger partial charge is 0.466 e. The number of hydrogen-bond donors (Lipinski definition) is 0. The summed E-state index contributed by atoms with van der Waals surface area (Å²) in [6.45, 7) is 7.81. The predicted octanol–water partition coefficient (Wildman–Crippen LogP) is 1.57. The van der Waals surface area contributed by atoms with Gasteiger partial charge in [0.1, 0.15) is 0 Å². The molecule has 1 aliphatic heterocycles. The van der Waals surface area contributed by atoms with E-state index in [2.05, 4.69) is 5.10 Å². The monoisotopic (exact) mass is 240 g/mol. The molecule has 0 aromatic rings. The van der Waals surface area contributed by atoms with Gasteiger partial charge in [0, 0.05) is 18.2 Å². The summed E-state index contributed by atoms with van der Waals surface area (Å²) in [7, 11) is 0. The maximum absolute atomic E-state index is 12.0. The van der Waals surface area contributed by atoms with E-state index in [9.17, 15) is 9.59 Å². The van der Waals surface area contributed by atoms with E-state index < -0.39 is 0 Å². The van der Waals surface area contributed by atoms with Crippen LogP contribution in [0.1, 0.15) is 40.5 Å². The summed E-state index contributed by atoms with van der Waals surface area (Å²) in [5, 5.41) is 5.71. The number of esters is 1. The zero-order valence-electron chi connectivity index (χ0n) is 10.9. The van der Waals surface area contributed by atoms with E-state index >= 15 is 0 Å². The molecule has 0 aromatic heterocycles. The third kappa shape index (κ3) is 3.28. The number of hydrazone groups is 1. The van der Waals surface area contributed by atoms with Crippen molar-refractivity contribution in [3.63, 3.8) is 0 Å². The average molecular weight is 240 g/mol. The lowest BCUT2D eigenvalue weighted by Gasteiger charge is -2.17. The highest BCUT2D eigenvalue weighted by molar-refractivity contribution is 6.07. The first-order valence-electron chi connectivity index (χ1n) is 6.01. The zero-order valence-corrected chi connectivity index (χ0v) is 10.9. The van der Waals surface area contributed by atoms with Gasteiger partial charge in [-0.15, -0.1) is 0 Å². The Morgan fingerprint density at radius 1 is 1.53 bits per heavy atom. The molecule has 0 saturated heterocycles. The van der Waals surface area contributed by atoms with Crippen molar-refractivity contribution in [1.82, 2.24) is 5.01 Å². The van der Waals surface area contributed by atoms with Crippen molar-refractivity contribution < 1.29 is 14.3 Å². The number of amides is 1. The maximum Gasteiger partial charge on any atom is 0.305 e. The fourth-order valence-corrected chi connectivity index (χ4v) is 1.82. The summed E-state index contributed by atoms with van der Waals surface area (Å²) in [5.74, 6) is -0.528. The molecule has 0 aliphatic carbocycles. The van der Waals surface area contributed by atoms with Crippen LogP contribution in [0.2, 0.25) is 0 Å². The smallest absolute Gasteiger partial charge is 0.305 e. The van der Waals surface area contributed by atoms with Crippen LogP contribution < -0.4 is 0 Å². The predicted molar refractivity (Wildman–Crippen MR) is 64.4 cm³/mol. The fourth-order valence-electron chi connectivity index (χ4n) is 1.82. The second-order valence-corrected chi connectivity index (χ2v) is 4.41. The summed E-state index contributed by atoms with van der Waals surface area (Å²) in [5.41, 5.74) is 0.785. The van der Waals surface area contributed by atoms with Crippen LogP contribution in [0.25, 0.3) is 0 Å². The van der Waals surface area contributed by atoms with E-state index in [4.69, 9.17) is 4.74 Å². The topological polar surface area (TPSA) is 59.0 Å². The molecule has 0 saturated carbocycles. The molecule has 96 valence electrons. The van der Waals surface area contributed by atoms with Crippen molar-refractivity contribution in [2.75, 3.05) is 6.61 Å². The first-order chi connectivity index (χ1) is 7.97. The summed E-state index contributed by atoms with van der Waals surface area (Å²) in [4.78, 5) is 23.2. The van der Waals surface area contributed by atoms with Crippen molar-refractivity contribution in [2.24, 2.45) is 11.0 Å². The van der Waals surface area contributed by atoms with E-state index in [0.29, 0.717) is 13.0 Å². The number of carbonyl (C=O) groups excluding carboxylic acids is 2. The number of ether oxygens (including phenoxy) is 1. The molecule has 17 heavy (non-hydrogen) atoms. The van der Waals surface area contributed by atoms with Crippen LogP contribution in [0.4, 0.5) is 0 Å². The number of carbonyl (C=O) groups is 2. The van der Waals surface area contributed by atoms with Gasteiger partial charge >= 0.3 is 5.97 Å². The van der Waals surface area contributed by atoms with Crippen molar-refractivity contribution in [3.05, 3.63) is 0 Å². The van der Waals surface area contributed by atoms with Gasteiger partial charge in [-0.2, -0.15) is 5.10 Å². The summed E-state index contributed by atoms with van der Waals surface area (Å²) in [6.07, 6.45) is 0.749. The second-order valence-electron chi connectivity index (χ2n) is 4.41. The fraction of sp³-hybridized carbons (Fsp3) is 0.750. The second kappa shape index (κ2) is 5.80. The van der Waals surface area contributed by atoms with Crippen LogP contribution >= 0.6 is 0 Å². The third-order valence-corrected chi connectivity index (χ3v) is 2.73. The molecule has 5 heteroatoms. The Morgan fingerprint density at radius 3 is 2.65 bits per heavy atom. The Hall–Kier alpha value is -1.39. The Balaban J connectivity index is 2.53. The molecule has 0 aromatic carbocycles. The SMILES string of the molecule is CCOC(=O)CCC1C(=O)N(C(C)C)N=C1C. The standard InChI is InChI=1S/C12H20N2O3/c1-5-17-11(15)7-6-10-9(4)13-14(8(2)3)12(10)16/h8,10H,5-7H2,1-4H3. The molecule has 1 heterocycles. The minimum absolute atomic E-state index is 0.0122. The van der Waals surface area contributed by atoms with E-state index in [1.165, 1.54) is 5.01 Å². The Kier molecular flexibility index (Phi) is 4.66. The third-order valence-electron chi connectivity index (χ3n) is 2.73. The highest BCUT2D eigenvalue weighted by Crippen LogP contribution is 2.22. The van der Waals surface area contributed by atoms with Crippen molar-refractivity contribution in [1.29, 1.82) is 0 Å². The van der Waals surface area contributed by atoms with Crippen molar-refractivity contribution in [2.45, 2.75) is 46.6 Å². The lowest BCUT2D eigenvalue weighted by Crippen LogP contribution is -2.32. The van der Waals surface area contributed by atoms with Crippen LogP contribution in [-0.4, -0.2) is 35.2 Å². The van der Waals surface area contributed by atoms with Crippen LogP contribution in [0.15, 0.2) is 5.10 Å². The number of hydrogen-bond acceptors (Lipinski definition) is 4. The molecular formula is C12H20N2O3. The van der Waals surface area contributed by atoms with E-state index in [0.717, 1.165) is 5.71 Å². The molecule has 1 aliphatic rings. The van der Waals surface area contributed by atoms with Gasteiger partial charge in [0.2, 0.25) is 0 Å². The normalized spacial score (nSPS) is 19.8. The van der Waals surface area contributed by atoms with Crippen LogP contribution in [0.5, 0.6) is 0 Å². The van der Waals surface area contributed by atoms with Gasteiger partial charge in [-0.25, -0.2) is 5.01 Å². The van der Waals surface area contributed by atoms with Gasteiger partial charge in [0.25, 0.3) is 5.91 Å². The number of nitrogens with zero attached hydrogens (tertiary/aromatic N) is 2. The minimum Gasteiger partial charge on any atom is -0.466 e. The quantitative estimate of drug-likeness (QED) is 0.685. The molecule has 1 unspecified atom stereocenters. The van der Waals surface area contributed by atoms with Gasteiger partial charge in [-0.1, -0.05) is 0 Å². The number of rotatable bonds is 5. The molecule has 0 radical (unpaired) electrons. The molecule has 0 bridgehead atoms. The lowest BCUT2D eigenvalue weighted by molar-refractivity contribution is -0.143. The Labute approximate surface area is 102 Å². The summed E-state index contributed by atoms with van der Waals surface area (Å²) >= 11 is 0. The molecule has 1 amide bonds. The van der Waals surface area contributed by atoms with E-state index in [-0.39, 0.29) is 30.3 Å². The molecule has 1 rings (SSSR count). The first-order valence-corrected chi connectivity index (χ1v) is 6.01. The molecule has 5 nitrogen and oxygen atoms in total. The molecule has 1 atom stereocenters. The van der Waals surface area contributed by atoms with Crippen LogP contribution in [-0.2, 0) is 14.3 Å². The van der Waals surface area contributed by atoms with E-state index in [1.54, 1.807) is 6.92 Å². The molecule has 0 N–H and O–H groups in total. The summed E-state index contributed by atoms with van der Waals surface area (Å²) < 4.78 is 4.84. The highest BCUT2D eigenvalue weighted by atomic mass is 16.5. The van der Waals surface area contributed by atoms with Gasteiger partial charge in [0.15, 0.2) is 0 Å². The van der Waals surface area contributed by atoms with Gasteiger partial charge in [-0.3, -0.25) is 9.59 Å². The van der Waals surface area contributed by atoms with Gasteiger partial charge < -0.3 is 4.74 Å². The van der Waals surface area contributed by atoms with Crippen molar-refractivity contribution in [3.8, 4) is 0 Å². The summed E-state index contributed by atoms with van der Waals surface area (Å²) in [6, 6.07) is 0.0602. The average Bonchev–Trinajstić information content (AvgIpc) is 2.52. The molecule has 0 spiro atoms.